The van der Waals surface area contributed by atoms with Crippen molar-refractivity contribution in [2.75, 3.05) is 0 Å². The molecular weight excluding hydrogens is 236 g/mol. The molecule has 2 unspecified atom stereocenters. The van der Waals surface area contributed by atoms with Gasteiger partial charge < -0.3 is 21.7 Å². The van der Waals surface area contributed by atoms with Crippen LogP contribution in [0.4, 0.5) is 0 Å². The third-order valence-electron chi connectivity index (χ3n) is 2.58. The van der Waals surface area contributed by atoms with Gasteiger partial charge in [-0.25, -0.2) is 0 Å². The van der Waals surface area contributed by atoms with E-state index >= 15 is 0 Å². The average Bonchev–Trinajstić information content (AvgIpc) is 2.27. The summed E-state index contributed by atoms with van der Waals surface area (Å²) in [5.41, 5.74) is 12.7. The molecule has 1 aromatic rings. The number of hydrogen-bond donors (Lipinski definition) is 4. The van der Waals surface area contributed by atoms with Crippen molar-refractivity contribution in [2.45, 2.75) is 24.9 Å². The van der Waals surface area contributed by atoms with E-state index in [-0.39, 0.29) is 12.8 Å². The van der Waals surface area contributed by atoms with Gasteiger partial charge in [0.15, 0.2) is 0 Å². The van der Waals surface area contributed by atoms with Gasteiger partial charge in [0.2, 0.25) is 0 Å². The molecule has 98 valence electrons. The van der Waals surface area contributed by atoms with Crippen LogP contribution in [0.3, 0.4) is 0 Å². The van der Waals surface area contributed by atoms with Crippen molar-refractivity contribution in [3.05, 3.63) is 35.4 Å². The smallest absolute Gasteiger partial charge is 0.305 e. The minimum atomic E-state index is -1.01. The van der Waals surface area contributed by atoms with Crippen LogP contribution in [0.2, 0.25) is 0 Å². The highest BCUT2D eigenvalue weighted by Gasteiger charge is 2.19. The Morgan fingerprint density at radius 3 is 1.56 bits per heavy atom. The number of carboxylic acids is 2. The molecule has 6 heteroatoms. The molecule has 1 aromatic carbocycles. The molecule has 6 nitrogen and oxygen atoms in total. The maximum Gasteiger partial charge on any atom is 0.305 e. The summed E-state index contributed by atoms with van der Waals surface area (Å²) in [5.74, 6) is -2.02. The number of hydrogen-bond acceptors (Lipinski definition) is 4. The van der Waals surface area contributed by atoms with Gasteiger partial charge in [0, 0.05) is 12.1 Å². The summed E-state index contributed by atoms with van der Waals surface area (Å²) in [6.07, 6.45) is -0.451. The van der Waals surface area contributed by atoms with Gasteiger partial charge in [-0.15, -0.1) is 0 Å². The summed E-state index contributed by atoms with van der Waals surface area (Å²) in [7, 11) is 0. The number of aliphatic carboxylic acids is 2. The van der Waals surface area contributed by atoms with Gasteiger partial charge in [-0.2, -0.15) is 0 Å². The quantitative estimate of drug-likeness (QED) is 0.588. The summed E-state index contributed by atoms with van der Waals surface area (Å²) < 4.78 is 0. The fourth-order valence-corrected chi connectivity index (χ4v) is 1.78. The molecule has 0 amide bonds. The van der Waals surface area contributed by atoms with E-state index in [9.17, 15) is 9.59 Å². The van der Waals surface area contributed by atoms with Crippen LogP contribution < -0.4 is 11.5 Å². The van der Waals surface area contributed by atoms with E-state index in [0.29, 0.717) is 11.1 Å². The van der Waals surface area contributed by atoms with E-state index in [1.165, 1.54) is 0 Å². The zero-order valence-electron chi connectivity index (χ0n) is 9.74. The maximum atomic E-state index is 10.6. The van der Waals surface area contributed by atoms with E-state index in [1.54, 1.807) is 24.3 Å². The highest BCUT2D eigenvalue weighted by atomic mass is 16.4. The molecule has 0 aliphatic heterocycles. The molecule has 0 radical (unpaired) electrons. The summed E-state index contributed by atoms with van der Waals surface area (Å²) in [6.45, 7) is 0. The van der Waals surface area contributed by atoms with Gasteiger partial charge in [0.1, 0.15) is 0 Å². The monoisotopic (exact) mass is 252 g/mol. The third kappa shape index (κ3) is 3.83. The number of benzene rings is 1. The van der Waals surface area contributed by atoms with Crippen molar-refractivity contribution in [1.29, 1.82) is 0 Å². The van der Waals surface area contributed by atoms with Crippen LogP contribution in [-0.4, -0.2) is 22.2 Å². The number of carboxylic acid groups (broad SMARTS) is 2. The van der Waals surface area contributed by atoms with Crippen LogP contribution in [0, 0.1) is 0 Å². The maximum absolute atomic E-state index is 10.6. The lowest BCUT2D eigenvalue weighted by Crippen LogP contribution is -2.22. The summed E-state index contributed by atoms with van der Waals surface area (Å²) in [5, 5.41) is 17.4. The summed E-state index contributed by atoms with van der Waals surface area (Å²) in [4.78, 5) is 21.3. The van der Waals surface area contributed by atoms with Gasteiger partial charge >= 0.3 is 11.9 Å². The van der Waals surface area contributed by atoms with Gasteiger partial charge in [-0.1, -0.05) is 24.3 Å². The minimum absolute atomic E-state index is 0.225. The molecule has 18 heavy (non-hydrogen) atoms. The molecule has 6 N–H and O–H groups in total. The number of nitrogens with two attached hydrogens (primary N) is 2. The molecule has 0 aliphatic rings. The van der Waals surface area contributed by atoms with E-state index in [4.69, 9.17) is 21.7 Å². The Bertz CT molecular complexity index is 406. The van der Waals surface area contributed by atoms with E-state index in [0.717, 1.165) is 0 Å². The minimum Gasteiger partial charge on any atom is -0.481 e. The molecule has 0 fully saturated rings. The predicted octanol–water partition coefficient (Wildman–Crippen LogP) is 0.636. The lowest BCUT2D eigenvalue weighted by Gasteiger charge is -2.18. The Balaban J connectivity index is 2.98. The van der Waals surface area contributed by atoms with Crippen molar-refractivity contribution in [1.82, 2.24) is 0 Å². The van der Waals surface area contributed by atoms with Gasteiger partial charge in [-0.05, 0) is 11.1 Å². The zero-order chi connectivity index (χ0) is 13.7. The molecule has 1 rings (SSSR count). The highest BCUT2D eigenvalue weighted by Crippen LogP contribution is 2.25. The molecular formula is C12H16N2O4. The van der Waals surface area contributed by atoms with Crippen molar-refractivity contribution in [3.8, 4) is 0 Å². The average molecular weight is 252 g/mol. The molecule has 0 saturated carbocycles. The van der Waals surface area contributed by atoms with Gasteiger partial charge in [-0.3, -0.25) is 9.59 Å². The van der Waals surface area contributed by atoms with Gasteiger partial charge in [0.05, 0.1) is 12.8 Å². The van der Waals surface area contributed by atoms with Crippen molar-refractivity contribution in [2.24, 2.45) is 11.5 Å². The van der Waals surface area contributed by atoms with Crippen molar-refractivity contribution >= 4 is 11.9 Å². The molecule has 0 saturated heterocycles. The first-order valence-electron chi connectivity index (χ1n) is 5.45. The number of carbonyl (C=O) groups is 2. The van der Waals surface area contributed by atoms with E-state index < -0.39 is 24.0 Å². The SMILES string of the molecule is NC(CC(=O)O)c1ccccc1C(N)CC(=O)O. The second-order valence-corrected chi connectivity index (χ2v) is 4.04. The predicted molar refractivity (Wildman–Crippen MR) is 64.8 cm³/mol. The second kappa shape index (κ2) is 6.13. The Morgan fingerprint density at radius 1 is 0.944 bits per heavy atom. The van der Waals surface area contributed by atoms with Crippen LogP contribution in [0.15, 0.2) is 24.3 Å². The normalized spacial score (nSPS) is 13.9. The van der Waals surface area contributed by atoms with Crippen LogP contribution in [0.1, 0.15) is 36.1 Å². The first-order valence-corrected chi connectivity index (χ1v) is 5.45. The fourth-order valence-electron chi connectivity index (χ4n) is 1.78. The van der Waals surface area contributed by atoms with E-state index in [2.05, 4.69) is 0 Å². The molecule has 0 aliphatic carbocycles. The lowest BCUT2D eigenvalue weighted by molar-refractivity contribution is -0.138. The largest absolute Gasteiger partial charge is 0.481 e. The molecule has 0 spiro atoms. The second-order valence-electron chi connectivity index (χ2n) is 4.04. The van der Waals surface area contributed by atoms with Gasteiger partial charge in [0.25, 0.3) is 0 Å². The van der Waals surface area contributed by atoms with E-state index in [1.807, 2.05) is 0 Å². The topological polar surface area (TPSA) is 127 Å². The van der Waals surface area contributed by atoms with Crippen molar-refractivity contribution < 1.29 is 19.8 Å². The summed E-state index contributed by atoms with van der Waals surface area (Å²) in [6, 6.07) is 5.38. The Labute approximate surface area is 104 Å². The standard InChI is InChI=1S/C12H16N2O4/c13-9(5-11(15)16)7-3-1-2-4-8(7)10(14)6-12(17)18/h1-4,9-10H,5-6,13-14H2,(H,15,16)(H,17,18). The lowest BCUT2D eigenvalue weighted by atomic mass is 9.93. The third-order valence-corrected chi connectivity index (χ3v) is 2.58. The first-order chi connectivity index (χ1) is 8.41. The van der Waals surface area contributed by atoms with Crippen molar-refractivity contribution in [3.63, 3.8) is 0 Å². The Kier molecular flexibility index (Phi) is 4.82. The Hall–Kier alpha value is -1.92. The van der Waals surface area contributed by atoms with Crippen LogP contribution in [-0.2, 0) is 9.59 Å². The number of rotatable bonds is 6. The summed E-state index contributed by atoms with van der Waals surface area (Å²) >= 11 is 0. The zero-order valence-corrected chi connectivity index (χ0v) is 9.74. The fraction of sp³-hybridized carbons (Fsp3) is 0.333. The molecule has 0 aromatic heterocycles. The molecule has 0 heterocycles. The van der Waals surface area contributed by atoms with Crippen LogP contribution in [0.25, 0.3) is 0 Å². The molecule has 0 bridgehead atoms. The van der Waals surface area contributed by atoms with Crippen LogP contribution in [0.5, 0.6) is 0 Å². The van der Waals surface area contributed by atoms with Crippen LogP contribution >= 0.6 is 0 Å². The highest BCUT2D eigenvalue weighted by molar-refractivity contribution is 5.69. The molecule has 2 atom stereocenters. The Morgan fingerprint density at radius 2 is 1.28 bits per heavy atom. The first kappa shape index (κ1) is 14.1.